The summed E-state index contributed by atoms with van der Waals surface area (Å²) in [6, 6.07) is 10.7. The minimum absolute atomic E-state index is 0.347. The number of nitrogens with zero attached hydrogens (tertiary/aromatic N) is 2. The third-order valence-electron chi connectivity index (χ3n) is 4.23. The standard InChI is InChI=1S/C19H31BN2/c1-6-14-19(18-15-12-11-13-16-18)17-20(21(7-2)8-3)22(9-4)10-5/h6,11-13,15-17H,1,7-10,14H2,2-5H3/b19-17+. The van der Waals surface area contributed by atoms with Crippen LogP contribution in [-0.2, 0) is 0 Å². The van der Waals surface area contributed by atoms with Gasteiger partial charge in [0.1, 0.15) is 0 Å². The molecule has 0 heterocycles. The van der Waals surface area contributed by atoms with Gasteiger partial charge in [0.25, 0.3) is 0 Å². The van der Waals surface area contributed by atoms with Crippen molar-refractivity contribution >= 4 is 12.6 Å². The second-order valence-corrected chi connectivity index (χ2v) is 5.41. The van der Waals surface area contributed by atoms with Crippen LogP contribution < -0.4 is 0 Å². The number of rotatable bonds is 10. The Morgan fingerprint density at radius 3 is 1.86 bits per heavy atom. The van der Waals surface area contributed by atoms with Gasteiger partial charge in [0.2, 0.25) is 0 Å². The fourth-order valence-corrected chi connectivity index (χ4v) is 2.91. The van der Waals surface area contributed by atoms with Gasteiger partial charge in [0.05, 0.1) is 0 Å². The van der Waals surface area contributed by atoms with Crippen molar-refractivity contribution in [1.29, 1.82) is 0 Å². The molecule has 0 saturated carbocycles. The summed E-state index contributed by atoms with van der Waals surface area (Å²) >= 11 is 0. The maximum atomic E-state index is 3.94. The first-order valence-corrected chi connectivity index (χ1v) is 8.56. The van der Waals surface area contributed by atoms with Crippen LogP contribution in [0, 0.1) is 0 Å². The third kappa shape index (κ3) is 5.15. The minimum atomic E-state index is 0.347. The van der Waals surface area contributed by atoms with Gasteiger partial charge in [-0.25, -0.2) is 0 Å². The molecule has 0 fully saturated rings. The van der Waals surface area contributed by atoms with E-state index in [0.717, 1.165) is 32.6 Å². The number of hydrogen-bond acceptors (Lipinski definition) is 2. The van der Waals surface area contributed by atoms with E-state index in [2.05, 4.69) is 80.2 Å². The molecule has 22 heavy (non-hydrogen) atoms. The van der Waals surface area contributed by atoms with E-state index in [0.29, 0.717) is 6.98 Å². The van der Waals surface area contributed by atoms with Crippen LogP contribution in [0.3, 0.4) is 0 Å². The highest BCUT2D eigenvalue weighted by Gasteiger charge is 2.25. The van der Waals surface area contributed by atoms with Crippen LogP contribution in [0.4, 0.5) is 0 Å². The average Bonchev–Trinajstić information content (AvgIpc) is 2.57. The van der Waals surface area contributed by atoms with Gasteiger partial charge in [0.15, 0.2) is 0 Å². The summed E-state index contributed by atoms with van der Waals surface area (Å²) in [5.74, 6) is 2.43. The van der Waals surface area contributed by atoms with Crippen LogP contribution in [0.15, 0.2) is 49.0 Å². The molecule has 1 aromatic rings. The Balaban J connectivity index is 3.21. The molecule has 0 aliphatic heterocycles. The Hall–Kier alpha value is -1.32. The van der Waals surface area contributed by atoms with Crippen molar-refractivity contribution in [3.8, 4) is 0 Å². The lowest BCUT2D eigenvalue weighted by atomic mass is 9.68. The zero-order valence-corrected chi connectivity index (χ0v) is 14.8. The van der Waals surface area contributed by atoms with Crippen molar-refractivity contribution < 1.29 is 0 Å². The molecule has 0 amide bonds. The summed E-state index contributed by atoms with van der Waals surface area (Å²) in [7, 11) is 0. The van der Waals surface area contributed by atoms with Crippen molar-refractivity contribution in [2.24, 2.45) is 0 Å². The van der Waals surface area contributed by atoms with Crippen LogP contribution in [0.2, 0.25) is 0 Å². The fourth-order valence-electron chi connectivity index (χ4n) is 2.91. The molecule has 0 aromatic heterocycles. The maximum absolute atomic E-state index is 3.94. The van der Waals surface area contributed by atoms with Gasteiger partial charge in [0, 0.05) is 0 Å². The van der Waals surface area contributed by atoms with Gasteiger partial charge in [-0.1, -0.05) is 70.1 Å². The van der Waals surface area contributed by atoms with E-state index < -0.39 is 0 Å². The molecule has 0 aliphatic rings. The predicted molar refractivity (Wildman–Crippen MR) is 101 cm³/mol. The van der Waals surface area contributed by atoms with Crippen LogP contribution in [0.1, 0.15) is 39.7 Å². The zero-order valence-electron chi connectivity index (χ0n) is 14.8. The van der Waals surface area contributed by atoms with E-state index in [4.69, 9.17) is 0 Å². The lowest BCUT2D eigenvalue weighted by Crippen LogP contribution is -2.51. The van der Waals surface area contributed by atoms with Gasteiger partial charge in [-0.3, -0.25) is 0 Å². The van der Waals surface area contributed by atoms with E-state index >= 15 is 0 Å². The minimum Gasteiger partial charge on any atom is -0.325 e. The van der Waals surface area contributed by atoms with E-state index in [1.807, 2.05) is 6.08 Å². The van der Waals surface area contributed by atoms with Crippen molar-refractivity contribution in [2.45, 2.75) is 34.1 Å². The summed E-state index contributed by atoms with van der Waals surface area (Å²) in [5, 5.41) is 0. The molecule has 0 spiro atoms. The van der Waals surface area contributed by atoms with Gasteiger partial charge in [-0.2, -0.15) is 0 Å². The first-order valence-electron chi connectivity index (χ1n) is 8.56. The summed E-state index contributed by atoms with van der Waals surface area (Å²) in [5.41, 5.74) is 2.66. The SMILES string of the molecule is C=CC/C(=C\B(N(CC)CC)N(CC)CC)c1ccccc1. The molecule has 3 heteroatoms. The Labute approximate surface area is 137 Å². The van der Waals surface area contributed by atoms with Crippen LogP contribution in [-0.4, -0.2) is 42.8 Å². The molecule has 2 nitrogen and oxygen atoms in total. The molecular formula is C19H31BN2. The summed E-state index contributed by atoms with van der Waals surface area (Å²) in [4.78, 5) is 5.03. The van der Waals surface area contributed by atoms with Crippen LogP contribution in [0.25, 0.3) is 5.57 Å². The predicted octanol–water partition coefficient (Wildman–Crippen LogP) is 4.36. The second kappa shape index (κ2) is 10.4. The first kappa shape index (κ1) is 18.7. The highest BCUT2D eigenvalue weighted by Crippen LogP contribution is 2.20. The molecule has 0 radical (unpaired) electrons. The Kier molecular flexibility index (Phi) is 8.87. The Morgan fingerprint density at radius 2 is 1.45 bits per heavy atom. The van der Waals surface area contributed by atoms with Gasteiger partial charge in [-0.15, -0.1) is 6.58 Å². The van der Waals surface area contributed by atoms with Crippen LogP contribution in [0.5, 0.6) is 0 Å². The van der Waals surface area contributed by atoms with Gasteiger partial charge < -0.3 is 9.62 Å². The van der Waals surface area contributed by atoms with E-state index in [-0.39, 0.29) is 0 Å². The lowest BCUT2D eigenvalue weighted by molar-refractivity contribution is 0.387. The molecule has 1 aromatic carbocycles. The van der Waals surface area contributed by atoms with E-state index in [9.17, 15) is 0 Å². The van der Waals surface area contributed by atoms with Crippen molar-refractivity contribution in [1.82, 2.24) is 9.62 Å². The topological polar surface area (TPSA) is 6.48 Å². The van der Waals surface area contributed by atoms with Crippen molar-refractivity contribution in [3.63, 3.8) is 0 Å². The molecule has 0 N–H and O–H groups in total. The average molecular weight is 298 g/mol. The number of benzene rings is 1. The molecule has 0 saturated heterocycles. The quantitative estimate of drug-likeness (QED) is 0.468. The van der Waals surface area contributed by atoms with Crippen LogP contribution >= 0.6 is 0 Å². The lowest BCUT2D eigenvalue weighted by Gasteiger charge is -2.33. The van der Waals surface area contributed by atoms with Crippen molar-refractivity contribution in [2.75, 3.05) is 26.2 Å². The molecule has 0 atom stereocenters. The molecule has 0 aliphatic carbocycles. The molecular weight excluding hydrogens is 267 g/mol. The van der Waals surface area contributed by atoms with Gasteiger partial charge >= 0.3 is 6.98 Å². The fraction of sp³-hybridized carbons (Fsp3) is 0.474. The summed E-state index contributed by atoms with van der Waals surface area (Å²) in [6.45, 7) is 17.5. The van der Waals surface area contributed by atoms with Crippen molar-refractivity contribution in [3.05, 3.63) is 54.5 Å². The first-order chi connectivity index (χ1) is 10.7. The molecule has 1 rings (SSSR count). The molecule has 120 valence electrons. The Bertz CT molecular complexity index is 436. The van der Waals surface area contributed by atoms with E-state index in [1.54, 1.807) is 0 Å². The second-order valence-electron chi connectivity index (χ2n) is 5.41. The van der Waals surface area contributed by atoms with Gasteiger partial charge in [-0.05, 0) is 43.7 Å². The highest BCUT2D eigenvalue weighted by atomic mass is 15.2. The Morgan fingerprint density at radius 1 is 0.955 bits per heavy atom. The zero-order chi connectivity index (χ0) is 16.4. The highest BCUT2D eigenvalue weighted by molar-refractivity contribution is 6.59. The van der Waals surface area contributed by atoms with E-state index in [1.165, 1.54) is 11.1 Å². The maximum Gasteiger partial charge on any atom is 0.338 e. The number of allylic oxidation sites excluding steroid dienone is 2. The third-order valence-corrected chi connectivity index (χ3v) is 4.23. The molecule has 0 unspecified atom stereocenters. The summed E-state index contributed by atoms with van der Waals surface area (Å²) < 4.78 is 0. The molecule has 0 bridgehead atoms. The number of hydrogen-bond donors (Lipinski definition) is 0. The monoisotopic (exact) mass is 298 g/mol. The smallest absolute Gasteiger partial charge is 0.325 e. The summed E-state index contributed by atoms with van der Waals surface area (Å²) in [6.07, 6.45) is 2.91. The normalized spacial score (nSPS) is 12.0. The largest absolute Gasteiger partial charge is 0.338 e.